The van der Waals surface area contributed by atoms with E-state index in [1.807, 2.05) is 0 Å². The van der Waals surface area contributed by atoms with Crippen molar-refractivity contribution < 1.29 is 4.42 Å². The first-order chi connectivity index (χ1) is 28.2. The summed E-state index contributed by atoms with van der Waals surface area (Å²) in [4.78, 5) is 2.43. The second-order valence-corrected chi connectivity index (χ2v) is 15.5. The fraction of sp³-hybridized carbons (Fsp3) is 0.0741. The number of hydrogen-bond acceptors (Lipinski definition) is 2. The molecule has 7 aromatic carbocycles. The maximum atomic E-state index is 6.63. The van der Waals surface area contributed by atoms with E-state index in [0.29, 0.717) is 0 Å². The predicted octanol–water partition coefficient (Wildman–Crippen LogP) is 15.1. The molecule has 3 heterocycles. The first-order valence-electron chi connectivity index (χ1n) is 20.1. The van der Waals surface area contributed by atoms with Crippen LogP contribution in [0.3, 0.4) is 0 Å². The normalized spacial score (nSPS) is 14.6. The molecule has 270 valence electrons. The smallest absolute Gasteiger partial charge is 0.137 e. The van der Waals surface area contributed by atoms with Crippen LogP contribution in [-0.4, -0.2) is 4.40 Å². The molecule has 0 N–H and O–H groups in total. The molecule has 12 rings (SSSR count). The van der Waals surface area contributed by atoms with E-state index < -0.39 is 0 Å². The second kappa shape index (κ2) is 12.7. The van der Waals surface area contributed by atoms with Gasteiger partial charge in [0.1, 0.15) is 11.2 Å². The summed E-state index contributed by atoms with van der Waals surface area (Å²) >= 11 is 0. The number of furan rings is 1. The summed E-state index contributed by atoms with van der Waals surface area (Å²) in [6.07, 6.45) is 15.7. The molecule has 0 bridgehead atoms. The molecule has 0 atom stereocenters. The Hall–Kier alpha value is -7.10. The van der Waals surface area contributed by atoms with Crippen molar-refractivity contribution in [3.8, 4) is 22.3 Å². The van der Waals surface area contributed by atoms with Crippen LogP contribution in [0.4, 0.5) is 11.4 Å². The van der Waals surface area contributed by atoms with Gasteiger partial charge in [-0.15, -0.1) is 0 Å². The van der Waals surface area contributed by atoms with Crippen molar-refractivity contribution in [1.29, 1.82) is 0 Å². The Kier molecular flexibility index (Phi) is 7.18. The molecule has 0 radical (unpaired) electrons. The first-order valence-corrected chi connectivity index (χ1v) is 20.1. The van der Waals surface area contributed by atoms with Gasteiger partial charge in [0.25, 0.3) is 0 Å². The minimum Gasteiger partial charge on any atom is -0.456 e. The molecule has 0 saturated carbocycles. The van der Waals surface area contributed by atoms with Crippen molar-refractivity contribution in [1.82, 2.24) is 4.40 Å². The Labute approximate surface area is 330 Å². The van der Waals surface area contributed by atoms with Gasteiger partial charge in [-0.1, -0.05) is 115 Å². The molecule has 3 heteroatoms. The van der Waals surface area contributed by atoms with Crippen molar-refractivity contribution in [2.45, 2.75) is 25.7 Å². The van der Waals surface area contributed by atoms with Crippen LogP contribution >= 0.6 is 0 Å². The Morgan fingerprint density at radius 2 is 1.11 bits per heavy atom. The number of aromatic nitrogens is 1. The van der Waals surface area contributed by atoms with Crippen molar-refractivity contribution in [3.63, 3.8) is 0 Å². The summed E-state index contributed by atoms with van der Waals surface area (Å²) in [5.41, 5.74) is 16.8. The average Bonchev–Trinajstić information content (AvgIpc) is 3.94. The molecule has 0 spiro atoms. The Morgan fingerprint density at radius 3 is 1.93 bits per heavy atom. The molecule has 10 aromatic rings. The zero-order valence-electron chi connectivity index (χ0n) is 31.5. The van der Waals surface area contributed by atoms with E-state index in [1.165, 1.54) is 71.6 Å². The third kappa shape index (κ3) is 5.12. The number of fused-ring (bicyclic) bond motifs is 9. The predicted molar refractivity (Wildman–Crippen MR) is 240 cm³/mol. The maximum Gasteiger partial charge on any atom is 0.137 e. The molecule has 0 unspecified atom stereocenters. The highest BCUT2D eigenvalue weighted by atomic mass is 16.3. The highest BCUT2D eigenvalue weighted by molar-refractivity contribution is 6.23. The molecule has 0 saturated heterocycles. The second-order valence-electron chi connectivity index (χ2n) is 15.5. The van der Waals surface area contributed by atoms with Gasteiger partial charge < -0.3 is 13.7 Å². The number of nitrogens with zero attached hydrogens (tertiary/aromatic N) is 2. The largest absolute Gasteiger partial charge is 0.456 e. The summed E-state index contributed by atoms with van der Waals surface area (Å²) in [5, 5.41) is 7.49. The highest BCUT2D eigenvalue weighted by Crippen LogP contribution is 2.43. The van der Waals surface area contributed by atoms with Gasteiger partial charge in [-0.3, -0.25) is 0 Å². The molecule has 0 aliphatic heterocycles. The van der Waals surface area contributed by atoms with Crippen molar-refractivity contribution in [2.24, 2.45) is 0 Å². The lowest BCUT2D eigenvalue weighted by molar-refractivity contribution is 0.669. The number of rotatable bonds is 6. The van der Waals surface area contributed by atoms with Crippen LogP contribution in [0.25, 0.3) is 82.3 Å². The minimum absolute atomic E-state index is 0.896. The van der Waals surface area contributed by atoms with Crippen LogP contribution in [0.1, 0.15) is 25.7 Å². The molecular weight excluding hydrogens is 693 g/mol. The summed E-state index contributed by atoms with van der Waals surface area (Å²) in [7, 11) is 0. The fourth-order valence-electron chi connectivity index (χ4n) is 9.56. The fourth-order valence-corrected chi connectivity index (χ4v) is 9.56. The molecule has 3 nitrogen and oxygen atoms in total. The average molecular weight is 731 g/mol. The van der Waals surface area contributed by atoms with Crippen LogP contribution < -0.4 is 4.90 Å². The van der Waals surface area contributed by atoms with Gasteiger partial charge in [-0.25, -0.2) is 0 Å². The summed E-state index contributed by atoms with van der Waals surface area (Å²) in [5.74, 6) is 0. The van der Waals surface area contributed by atoms with Crippen LogP contribution in [0.5, 0.6) is 0 Å². The van der Waals surface area contributed by atoms with Crippen LogP contribution in [0.2, 0.25) is 0 Å². The van der Waals surface area contributed by atoms with Crippen molar-refractivity contribution >= 4 is 71.4 Å². The Balaban J connectivity index is 0.949. The van der Waals surface area contributed by atoms with Crippen LogP contribution in [0.15, 0.2) is 203 Å². The van der Waals surface area contributed by atoms with Gasteiger partial charge >= 0.3 is 0 Å². The third-order valence-corrected chi connectivity index (χ3v) is 12.3. The number of anilines is 2. The zero-order valence-corrected chi connectivity index (χ0v) is 31.5. The van der Waals surface area contributed by atoms with E-state index in [9.17, 15) is 0 Å². The highest BCUT2D eigenvalue weighted by Gasteiger charge is 2.22. The third-order valence-electron chi connectivity index (χ3n) is 12.3. The van der Waals surface area contributed by atoms with Crippen molar-refractivity contribution in [2.75, 3.05) is 4.90 Å². The van der Waals surface area contributed by atoms with Gasteiger partial charge in [0, 0.05) is 55.5 Å². The SMILES string of the molecule is C1=CCCC(C2=CC=C(N(c3ccc(-c4ccc5c(c4)c4cccc6c7ccccc7n5c64)cc3)c3ccc4c(c3)oc3cc(-c5ccccc5)ccc34)CC2)=C1. The summed E-state index contributed by atoms with van der Waals surface area (Å²) in [6, 6.07) is 55.4. The maximum absolute atomic E-state index is 6.63. The van der Waals surface area contributed by atoms with Gasteiger partial charge in [-0.05, 0) is 120 Å². The lowest BCUT2D eigenvalue weighted by atomic mass is 9.90. The van der Waals surface area contributed by atoms with Gasteiger partial charge in [0.05, 0.1) is 16.6 Å². The van der Waals surface area contributed by atoms with E-state index in [1.54, 1.807) is 0 Å². The molecule has 0 amide bonds. The Morgan fingerprint density at radius 1 is 0.439 bits per heavy atom. The van der Waals surface area contributed by atoms with Gasteiger partial charge in [-0.2, -0.15) is 0 Å². The Bertz CT molecular complexity index is 3330. The van der Waals surface area contributed by atoms with Crippen LogP contribution in [0, 0.1) is 0 Å². The van der Waals surface area contributed by atoms with E-state index in [-0.39, 0.29) is 0 Å². The van der Waals surface area contributed by atoms with E-state index in [2.05, 4.69) is 191 Å². The topological polar surface area (TPSA) is 20.8 Å². The van der Waals surface area contributed by atoms with Gasteiger partial charge in [0.15, 0.2) is 0 Å². The van der Waals surface area contributed by atoms with E-state index in [4.69, 9.17) is 4.42 Å². The summed E-state index contributed by atoms with van der Waals surface area (Å²) in [6.45, 7) is 0. The molecule has 57 heavy (non-hydrogen) atoms. The monoisotopic (exact) mass is 730 g/mol. The standard InChI is InChI=1S/C54H38N2O/c1-3-10-35(11-4-1)37-18-24-41(25-19-37)55(43-28-30-46-45-29-22-40(36-12-5-2-6-13-36)33-52(45)57-53(46)34-43)42-26-20-38(21-27-42)39-23-31-51-49(32-39)48-16-9-15-47-44-14-7-8-17-50(44)56(51)54(47)48/h1-3,5-10,12-18,20-24,26-34H,4,11,19,25H2. The number of hydrogen-bond donors (Lipinski definition) is 0. The lowest BCUT2D eigenvalue weighted by Crippen LogP contribution is -2.18. The number of para-hydroxylation sites is 2. The molecule has 2 aliphatic rings. The minimum atomic E-state index is 0.896. The van der Waals surface area contributed by atoms with Crippen LogP contribution in [-0.2, 0) is 0 Å². The zero-order chi connectivity index (χ0) is 37.5. The summed E-state index contributed by atoms with van der Waals surface area (Å²) < 4.78 is 9.07. The van der Waals surface area contributed by atoms with Crippen molar-refractivity contribution in [3.05, 3.63) is 199 Å². The molecular formula is C54H38N2O. The number of benzene rings is 7. The van der Waals surface area contributed by atoms with Gasteiger partial charge in [0.2, 0.25) is 0 Å². The quantitative estimate of drug-likeness (QED) is 0.170. The van der Waals surface area contributed by atoms with E-state index in [0.717, 1.165) is 64.6 Å². The first kappa shape index (κ1) is 32.2. The number of allylic oxidation sites excluding steroid dienone is 8. The lowest BCUT2D eigenvalue weighted by Gasteiger charge is -2.30. The molecule has 2 aliphatic carbocycles. The molecule has 0 fully saturated rings. The van der Waals surface area contributed by atoms with E-state index >= 15 is 0 Å². The molecule has 3 aromatic heterocycles.